The van der Waals surface area contributed by atoms with Crippen LogP contribution >= 0.6 is 12.4 Å². The summed E-state index contributed by atoms with van der Waals surface area (Å²) < 4.78 is 40.3. The highest BCUT2D eigenvalue weighted by molar-refractivity contribution is 7.89. The van der Waals surface area contributed by atoms with E-state index in [2.05, 4.69) is 4.72 Å². The summed E-state index contributed by atoms with van der Waals surface area (Å²) in [5, 5.41) is 0. The second kappa shape index (κ2) is 6.85. The molecule has 1 fully saturated rings. The number of nitrogens with two attached hydrogens (primary N) is 1. The van der Waals surface area contributed by atoms with Gasteiger partial charge in [0, 0.05) is 6.04 Å². The van der Waals surface area contributed by atoms with Gasteiger partial charge in [-0.25, -0.2) is 17.5 Å². The van der Waals surface area contributed by atoms with Crippen molar-refractivity contribution in [3.05, 3.63) is 29.6 Å². The third-order valence-corrected chi connectivity index (χ3v) is 5.20. The SMILES string of the molecule is Cc1cc(S(=O)(=O)NC2CCCC2CN)ccc1F.Cl. The van der Waals surface area contributed by atoms with E-state index in [9.17, 15) is 12.8 Å². The monoisotopic (exact) mass is 322 g/mol. The van der Waals surface area contributed by atoms with Gasteiger partial charge in [-0.3, -0.25) is 0 Å². The molecule has 114 valence electrons. The quantitative estimate of drug-likeness (QED) is 0.890. The van der Waals surface area contributed by atoms with Crippen molar-refractivity contribution in [3.8, 4) is 0 Å². The lowest BCUT2D eigenvalue weighted by atomic mass is 10.1. The van der Waals surface area contributed by atoms with Crippen LogP contribution in [-0.4, -0.2) is 21.0 Å². The van der Waals surface area contributed by atoms with Crippen molar-refractivity contribution in [1.82, 2.24) is 4.72 Å². The molecule has 0 bridgehead atoms. The van der Waals surface area contributed by atoms with E-state index in [0.717, 1.165) is 19.3 Å². The molecule has 0 radical (unpaired) electrons. The summed E-state index contributed by atoms with van der Waals surface area (Å²) in [6.07, 6.45) is 2.74. The smallest absolute Gasteiger partial charge is 0.240 e. The van der Waals surface area contributed by atoms with Crippen LogP contribution in [0.4, 0.5) is 4.39 Å². The van der Waals surface area contributed by atoms with Crippen LogP contribution in [0.3, 0.4) is 0 Å². The van der Waals surface area contributed by atoms with E-state index in [4.69, 9.17) is 5.73 Å². The molecule has 4 nitrogen and oxygen atoms in total. The number of nitrogens with one attached hydrogen (secondary N) is 1. The van der Waals surface area contributed by atoms with Gasteiger partial charge in [-0.2, -0.15) is 0 Å². The maximum Gasteiger partial charge on any atom is 0.240 e. The number of hydrogen-bond donors (Lipinski definition) is 2. The standard InChI is InChI=1S/C13H19FN2O2S.ClH/c1-9-7-11(5-6-12(9)14)19(17,18)16-13-4-2-3-10(13)8-15;/h5-7,10,13,16H,2-4,8,15H2,1H3;1H. The normalized spacial score (nSPS) is 22.6. The van der Waals surface area contributed by atoms with Gasteiger partial charge in [-0.15, -0.1) is 12.4 Å². The fourth-order valence-corrected chi connectivity index (χ4v) is 3.95. The second-order valence-electron chi connectivity index (χ2n) is 5.07. The molecule has 1 aromatic rings. The Morgan fingerprint density at radius 3 is 2.70 bits per heavy atom. The van der Waals surface area contributed by atoms with Gasteiger partial charge in [-0.1, -0.05) is 6.42 Å². The molecule has 0 spiro atoms. The fourth-order valence-electron chi connectivity index (χ4n) is 2.53. The molecule has 1 aliphatic carbocycles. The Morgan fingerprint density at radius 2 is 2.10 bits per heavy atom. The van der Waals surface area contributed by atoms with Crippen molar-refractivity contribution in [2.75, 3.05) is 6.54 Å². The summed E-state index contributed by atoms with van der Waals surface area (Å²) in [4.78, 5) is 0.106. The minimum atomic E-state index is -3.60. The van der Waals surface area contributed by atoms with Crippen molar-refractivity contribution in [2.24, 2.45) is 11.7 Å². The van der Waals surface area contributed by atoms with Crippen LogP contribution < -0.4 is 10.5 Å². The fraction of sp³-hybridized carbons (Fsp3) is 0.538. The average Bonchev–Trinajstić information content (AvgIpc) is 2.79. The van der Waals surface area contributed by atoms with Crippen LogP contribution in [-0.2, 0) is 10.0 Å². The Morgan fingerprint density at radius 1 is 1.40 bits per heavy atom. The van der Waals surface area contributed by atoms with Gasteiger partial charge in [-0.05, 0) is 56.0 Å². The highest BCUT2D eigenvalue weighted by Gasteiger charge is 2.30. The molecule has 3 N–H and O–H groups in total. The van der Waals surface area contributed by atoms with Crippen LogP contribution in [0.15, 0.2) is 23.1 Å². The molecule has 0 aromatic heterocycles. The predicted octanol–water partition coefficient (Wildman–Crippen LogP) is 1.96. The summed E-state index contributed by atoms with van der Waals surface area (Å²) in [7, 11) is -3.60. The molecule has 1 saturated carbocycles. The number of aryl methyl sites for hydroxylation is 1. The number of sulfonamides is 1. The summed E-state index contributed by atoms with van der Waals surface area (Å²) in [6, 6.07) is 3.71. The molecule has 1 aliphatic rings. The van der Waals surface area contributed by atoms with Crippen LogP contribution in [0.5, 0.6) is 0 Å². The molecule has 0 saturated heterocycles. The van der Waals surface area contributed by atoms with Crippen LogP contribution in [0.25, 0.3) is 0 Å². The lowest BCUT2D eigenvalue weighted by Gasteiger charge is -2.19. The predicted molar refractivity (Wildman–Crippen MR) is 78.9 cm³/mol. The van der Waals surface area contributed by atoms with E-state index >= 15 is 0 Å². The Kier molecular flexibility index (Phi) is 5.94. The Hall–Kier alpha value is -0.690. The topological polar surface area (TPSA) is 72.2 Å². The zero-order valence-electron chi connectivity index (χ0n) is 11.3. The zero-order chi connectivity index (χ0) is 14.0. The van der Waals surface area contributed by atoms with Crippen LogP contribution in [0, 0.1) is 18.7 Å². The largest absolute Gasteiger partial charge is 0.330 e. The Labute approximate surface area is 125 Å². The molecule has 0 amide bonds. The molecule has 2 rings (SSSR count). The Bertz CT molecular complexity index is 565. The molecular formula is C13H20ClFN2O2S. The van der Waals surface area contributed by atoms with Crippen molar-refractivity contribution in [1.29, 1.82) is 0 Å². The molecule has 2 unspecified atom stereocenters. The number of halogens is 2. The van der Waals surface area contributed by atoms with Crippen molar-refractivity contribution in [3.63, 3.8) is 0 Å². The maximum absolute atomic E-state index is 13.2. The van der Waals surface area contributed by atoms with Gasteiger partial charge in [0.25, 0.3) is 0 Å². The van der Waals surface area contributed by atoms with E-state index in [0.29, 0.717) is 12.1 Å². The lowest BCUT2D eigenvalue weighted by Crippen LogP contribution is -2.39. The van der Waals surface area contributed by atoms with Gasteiger partial charge in [0.15, 0.2) is 0 Å². The first-order valence-corrected chi connectivity index (χ1v) is 7.91. The van der Waals surface area contributed by atoms with Gasteiger partial charge >= 0.3 is 0 Å². The first kappa shape index (κ1) is 17.4. The molecule has 1 aromatic carbocycles. The zero-order valence-corrected chi connectivity index (χ0v) is 12.9. The van der Waals surface area contributed by atoms with Crippen molar-refractivity contribution < 1.29 is 12.8 Å². The van der Waals surface area contributed by atoms with E-state index in [1.165, 1.54) is 18.2 Å². The third-order valence-electron chi connectivity index (χ3n) is 3.71. The summed E-state index contributed by atoms with van der Waals surface area (Å²) in [5.41, 5.74) is 5.97. The van der Waals surface area contributed by atoms with Gasteiger partial charge in [0.2, 0.25) is 10.0 Å². The van der Waals surface area contributed by atoms with Gasteiger partial charge in [0.1, 0.15) is 5.82 Å². The number of hydrogen-bond acceptors (Lipinski definition) is 3. The van der Waals surface area contributed by atoms with E-state index in [1.54, 1.807) is 6.92 Å². The van der Waals surface area contributed by atoms with E-state index in [1.807, 2.05) is 0 Å². The minimum Gasteiger partial charge on any atom is -0.330 e. The van der Waals surface area contributed by atoms with Gasteiger partial charge < -0.3 is 5.73 Å². The molecular weight excluding hydrogens is 303 g/mol. The molecule has 20 heavy (non-hydrogen) atoms. The second-order valence-corrected chi connectivity index (χ2v) is 6.78. The van der Waals surface area contributed by atoms with Gasteiger partial charge in [0.05, 0.1) is 4.90 Å². The molecule has 0 aliphatic heterocycles. The lowest BCUT2D eigenvalue weighted by molar-refractivity contribution is 0.453. The van der Waals surface area contributed by atoms with Crippen molar-refractivity contribution >= 4 is 22.4 Å². The summed E-state index contributed by atoms with van der Waals surface area (Å²) >= 11 is 0. The van der Waals surface area contributed by atoms with E-state index < -0.39 is 15.8 Å². The van der Waals surface area contributed by atoms with Crippen LogP contribution in [0.1, 0.15) is 24.8 Å². The summed E-state index contributed by atoms with van der Waals surface area (Å²) in [6.45, 7) is 2.03. The molecule has 7 heteroatoms. The Balaban J connectivity index is 0.00000200. The highest BCUT2D eigenvalue weighted by Crippen LogP contribution is 2.26. The molecule has 2 atom stereocenters. The summed E-state index contributed by atoms with van der Waals surface area (Å²) in [5.74, 6) is -0.212. The number of benzene rings is 1. The average molecular weight is 323 g/mol. The maximum atomic E-state index is 13.2. The first-order valence-electron chi connectivity index (χ1n) is 6.42. The highest BCUT2D eigenvalue weighted by atomic mass is 35.5. The minimum absolute atomic E-state index is 0. The van der Waals surface area contributed by atoms with Crippen LogP contribution in [0.2, 0.25) is 0 Å². The third kappa shape index (κ3) is 3.69. The molecule has 0 heterocycles. The number of rotatable bonds is 4. The van der Waals surface area contributed by atoms with E-state index in [-0.39, 0.29) is 29.3 Å². The van der Waals surface area contributed by atoms with Crippen molar-refractivity contribution in [2.45, 2.75) is 37.1 Å². The first-order chi connectivity index (χ1) is 8.94.